The summed E-state index contributed by atoms with van der Waals surface area (Å²) in [6.07, 6.45) is 4.90. The molecule has 170 valence electrons. The summed E-state index contributed by atoms with van der Waals surface area (Å²) in [7, 11) is 1.69. The Morgan fingerprint density at radius 3 is 2.55 bits per heavy atom. The summed E-state index contributed by atoms with van der Waals surface area (Å²) in [5.74, 6) is 0.516. The summed E-state index contributed by atoms with van der Waals surface area (Å²) >= 11 is 0. The van der Waals surface area contributed by atoms with E-state index in [1.165, 1.54) is 11.8 Å². The van der Waals surface area contributed by atoms with Gasteiger partial charge in [-0.25, -0.2) is 0 Å². The van der Waals surface area contributed by atoms with Gasteiger partial charge in [0.1, 0.15) is 5.75 Å². The molecule has 1 aromatic heterocycles. The van der Waals surface area contributed by atoms with E-state index in [4.69, 9.17) is 4.74 Å². The zero-order valence-electron chi connectivity index (χ0n) is 18.7. The number of hydrogen-bond acceptors (Lipinski definition) is 5. The molecule has 0 spiro atoms. The lowest BCUT2D eigenvalue weighted by Crippen LogP contribution is -2.44. The predicted octanol–water partition coefficient (Wildman–Crippen LogP) is 3.74. The van der Waals surface area contributed by atoms with Crippen molar-refractivity contribution in [1.29, 1.82) is 0 Å². The molecular weight excluding hydrogens is 416 g/mol. The maximum Gasteiger partial charge on any atom is 0.257 e. The second-order valence-electron chi connectivity index (χ2n) is 8.11. The fourth-order valence-corrected chi connectivity index (χ4v) is 4.02. The van der Waals surface area contributed by atoms with Crippen molar-refractivity contribution in [2.24, 2.45) is 0 Å². The van der Waals surface area contributed by atoms with Gasteiger partial charge < -0.3 is 15.4 Å². The lowest BCUT2D eigenvalue weighted by molar-refractivity contribution is 0.0908. The van der Waals surface area contributed by atoms with Gasteiger partial charge in [-0.2, -0.15) is 0 Å². The lowest BCUT2D eigenvalue weighted by atomic mass is 10.0. The topological polar surface area (TPSA) is 83.6 Å². The Hall–Kier alpha value is -3.71. The Morgan fingerprint density at radius 2 is 1.79 bits per heavy atom. The number of carbonyl (C=O) groups is 2. The number of nitrogens with one attached hydrogen (secondary N) is 2. The van der Waals surface area contributed by atoms with Crippen LogP contribution in [0.25, 0.3) is 0 Å². The van der Waals surface area contributed by atoms with Crippen LogP contribution in [-0.2, 0) is 6.54 Å². The number of methoxy groups -OCH3 is 1. The molecule has 2 N–H and O–H groups in total. The molecule has 1 saturated heterocycles. The molecule has 1 aliphatic heterocycles. The van der Waals surface area contributed by atoms with Gasteiger partial charge in [0.2, 0.25) is 0 Å². The zero-order chi connectivity index (χ0) is 23.0. The van der Waals surface area contributed by atoms with Crippen LogP contribution >= 0.6 is 0 Å². The fourth-order valence-electron chi connectivity index (χ4n) is 4.02. The first kappa shape index (κ1) is 22.5. The molecule has 33 heavy (non-hydrogen) atoms. The third kappa shape index (κ3) is 5.96. The minimum atomic E-state index is -0.261. The summed E-state index contributed by atoms with van der Waals surface area (Å²) in [6.45, 7) is 2.65. The van der Waals surface area contributed by atoms with Gasteiger partial charge >= 0.3 is 0 Å². The van der Waals surface area contributed by atoms with Crippen molar-refractivity contribution < 1.29 is 14.3 Å². The Bertz CT molecular complexity index is 1100. The molecule has 0 atom stereocenters. The second-order valence-corrected chi connectivity index (χ2v) is 8.11. The number of pyridine rings is 1. The summed E-state index contributed by atoms with van der Waals surface area (Å²) in [5.41, 5.74) is 2.73. The van der Waals surface area contributed by atoms with E-state index in [9.17, 15) is 9.59 Å². The smallest absolute Gasteiger partial charge is 0.257 e. The summed E-state index contributed by atoms with van der Waals surface area (Å²) in [5, 5.41) is 5.96. The van der Waals surface area contributed by atoms with Crippen molar-refractivity contribution in [3.8, 4) is 5.75 Å². The van der Waals surface area contributed by atoms with Gasteiger partial charge in [-0.1, -0.05) is 24.3 Å². The van der Waals surface area contributed by atoms with Gasteiger partial charge in [0.05, 0.1) is 12.7 Å². The van der Waals surface area contributed by atoms with Gasteiger partial charge in [0.25, 0.3) is 11.8 Å². The molecule has 3 aromatic rings. The van der Waals surface area contributed by atoms with Crippen LogP contribution in [0, 0.1) is 0 Å². The minimum Gasteiger partial charge on any atom is -0.496 e. The average molecular weight is 445 g/mol. The predicted molar refractivity (Wildman–Crippen MR) is 127 cm³/mol. The van der Waals surface area contributed by atoms with Crippen molar-refractivity contribution in [3.63, 3.8) is 0 Å². The largest absolute Gasteiger partial charge is 0.496 e. The van der Waals surface area contributed by atoms with E-state index in [0.29, 0.717) is 16.8 Å². The Kier molecular flexibility index (Phi) is 7.32. The number of piperidine rings is 1. The molecule has 0 unspecified atom stereocenters. The molecule has 2 aromatic carbocycles. The van der Waals surface area contributed by atoms with Gasteiger partial charge in [-0.3, -0.25) is 19.5 Å². The van der Waals surface area contributed by atoms with E-state index in [0.717, 1.165) is 38.2 Å². The van der Waals surface area contributed by atoms with Crippen LogP contribution in [-0.4, -0.2) is 47.9 Å². The first-order chi connectivity index (χ1) is 16.1. The molecule has 1 aliphatic rings. The van der Waals surface area contributed by atoms with Crippen molar-refractivity contribution in [2.75, 3.05) is 25.5 Å². The number of para-hydroxylation sites is 1. The van der Waals surface area contributed by atoms with Crippen LogP contribution in [0.4, 0.5) is 5.69 Å². The highest BCUT2D eigenvalue weighted by Crippen LogP contribution is 2.22. The van der Waals surface area contributed by atoms with Gasteiger partial charge in [0, 0.05) is 54.9 Å². The highest BCUT2D eigenvalue weighted by Gasteiger charge is 2.22. The molecular formula is C26H28N4O3. The van der Waals surface area contributed by atoms with Crippen LogP contribution < -0.4 is 15.4 Å². The second kappa shape index (κ2) is 10.7. The molecule has 2 amide bonds. The molecule has 7 nitrogen and oxygen atoms in total. The number of benzene rings is 2. The lowest BCUT2D eigenvalue weighted by Gasteiger charge is -2.32. The third-order valence-electron chi connectivity index (χ3n) is 5.82. The summed E-state index contributed by atoms with van der Waals surface area (Å²) in [4.78, 5) is 31.5. The quantitative estimate of drug-likeness (QED) is 0.580. The Balaban J connectivity index is 1.29. The molecule has 7 heteroatoms. The normalized spacial score (nSPS) is 14.5. The zero-order valence-corrected chi connectivity index (χ0v) is 18.7. The number of rotatable bonds is 7. The standard InChI is InChI=1S/C26H28N4O3/c1-33-24-10-3-2-6-21(24)18-30-14-11-22(12-15-30)28-25(31)19-7-4-9-23(16-19)29-26(32)20-8-5-13-27-17-20/h2-10,13,16-17,22H,11-12,14-15,18H2,1H3,(H,28,31)(H,29,32). The van der Waals surface area contributed by atoms with Gasteiger partial charge in [0.15, 0.2) is 0 Å². The molecule has 0 saturated carbocycles. The minimum absolute atomic E-state index is 0.125. The Labute approximate surface area is 193 Å². The SMILES string of the molecule is COc1ccccc1CN1CCC(NC(=O)c2cccc(NC(=O)c3cccnc3)c2)CC1. The highest BCUT2D eigenvalue weighted by molar-refractivity contribution is 6.04. The van der Waals surface area contributed by atoms with E-state index in [1.807, 2.05) is 18.2 Å². The molecule has 4 rings (SSSR count). The number of ether oxygens (including phenoxy) is 1. The number of amides is 2. The molecule has 0 aliphatic carbocycles. The van der Waals surface area contributed by atoms with Crippen LogP contribution in [0.15, 0.2) is 73.1 Å². The third-order valence-corrected chi connectivity index (χ3v) is 5.82. The van der Waals surface area contributed by atoms with Crippen LogP contribution in [0.5, 0.6) is 5.75 Å². The van der Waals surface area contributed by atoms with Crippen molar-refractivity contribution >= 4 is 17.5 Å². The van der Waals surface area contributed by atoms with E-state index in [-0.39, 0.29) is 17.9 Å². The first-order valence-electron chi connectivity index (χ1n) is 11.1. The van der Waals surface area contributed by atoms with E-state index in [2.05, 4.69) is 26.6 Å². The van der Waals surface area contributed by atoms with Crippen molar-refractivity contribution in [2.45, 2.75) is 25.4 Å². The summed E-state index contributed by atoms with van der Waals surface area (Å²) < 4.78 is 5.46. The number of likely N-dealkylation sites (tertiary alicyclic amines) is 1. The van der Waals surface area contributed by atoms with E-state index >= 15 is 0 Å². The summed E-state index contributed by atoms with van der Waals surface area (Å²) in [6, 6.07) is 18.6. The fraction of sp³-hybridized carbons (Fsp3) is 0.269. The van der Waals surface area contributed by atoms with Crippen LogP contribution in [0.3, 0.4) is 0 Å². The average Bonchev–Trinajstić information content (AvgIpc) is 2.86. The van der Waals surface area contributed by atoms with Gasteiger partial charge in [-0.05, 0) is 49.2 Å². The molecule has 1 fully saturated rings. The molecule has 0 bridgehead atoms. The highest BCUT2D eigenvalue weighted by atomic mass is 16.5. The number of carbonyl (C=O) groups excluding carboxylic acids is 2. The van der Waals surface area contributed by atoms with Gasteiger partial charge in [-0.15, -0.1) is 0 Å². The maximum atomic E-state index is 12.8. The molecule has 0 radical (unpaired) electrons. The number of nitrogens with zero attached hydrogens (tertiary/aromatic N) is 2. The van der Waals surface area contributed by atoms with Crippen LogP contribution in [0.2, 0.25) is 0 Å². The van der Waals surface area contributed by atoms with Crippen molar-refractivity contribution in [1.82, 2.24) is 15.2 Å². The first-order valence-corrected chi connectivity index (χ1v) is 11.1. The monoisotopic (exact) mass is 444 g/mol. The Morgan fingerprint density at radius 1 is 1.00 bits per heavy atom. The van der Waals surface area contributed by atoms with Crippen LogP contribution in [0.1, 0.15) is 39.1 Å². The van der Waals surface area contributed by atoms with Crippen molar-refractivity contribution in [3.05, 3.63) is 89.7 Å². The molecule has 2 heterocycles. The maximum absolute atomic E-state index is 12.8. The number of aromatic nitrogens is 1. The van der Waals surface area contributed by atoms with E-state index in [1.54, 1.807) is 49.7 Å². The number of anilines is 1. The van der Waals surface area contributed by atoms with E-state index < -0.39 is 0 Å². The number of hydrogen-bond donors (Lipinski definition) is 2.